The molecule has 2 aromatic carbocycles. The minimum Gasteiger partial charge on any atom is -0.421 e. The van der Waals surface area contributed by atoms with Crippen molar-refractivity contribution in [2.24, 2.45) is 0 Å². The Bertz CT molecular complexity index is 1060. The number of nitrogens with one attached hydrogen (secondary N) is 1. The molecule has 0 aliphatic heterocycles. The van der Waals surface area contributed by atoms with Crippen LogP contribution in [0.15, 0.2) is 59.0 Å². The summed E-state index contributed by atoms with van der Waals surface area (Å²) >= 11 is 0. The Morgan fingerprint density at radius 2 is 1.74 bits per heavy atom. The van der Waals surface area contributed by atoms with E-state index >= 15 is 0 Å². The van der Waals surface area contributed by atoms with E-state index < -0.39 is 0 Å². The normalized spacial score (nSPS) is 11.0. The first kappa shape index (κ1) is 17.2. The van der Waals surface area contributed by atoms with E-state index in [2.05, 4.69) is 41.5 Å². The average Bonchev–Trinajstić information content (AvgIpc) is 3.17. The number of nitrogens with zero attached hydrogens (tertiary/aromatic N) is 3. The lowest BCUT2D eigenvalue weighted by atomic mass is 10.0. The predicted octanol–water partition coefficient (Wildman–Crippen LogP) is 4.81. The second-order valence-corrected chi connectivity index (χ2v) is 6.47. The van der Waals surface area contributed by atoms with Crippen molar-refractivity contribution in [3.8, 4) is 11.5 Å². The Hall–Kier alpha value is -3.21. The van der Waals surface area contributed by atoms with Crippen LogP contribution in [0.3, 0.4) is 0 Å². The molecule has 0 atom stereocenters. The Morgan fingerprint density at radius 1 is 0.963 bits per heavy atom. The minimum absolute atomic E-state index is 0.560. The van der Waals surface area contributed by atoms with Gasteiger partial charge in [0.05, 0.1) is 5.52 Å². The van der Waals surface area contributed by atoms with Crippen molar-refractivity contribution >= 4 is 16.6 Å². The number of para-hydroxylation sites is 1. The van der Waals surface area contributed by atoms with Crippen LogP contribution in [0.1, 0.15) is 24.1 Å². The molecule has 4 rings (SSSR count). The van der Waals surface area contributed by atoms with Gasteiger partial charge in [0.1, 0.15) is 0 Å². The summed E-state index contributed by atoms with van der Waals surface area (Å²) in [6.45, 7) is 4.95. The molecule has 4 aromatic rings. The number of rotatable bonds is 6. The van der Waals surface area contributed by atoms with Crippen LogP contribution in [0.4, 0.5) is 5.69 Å². The summed E-state index contributed by atoms with van der Waals surface area (Å²) in [5, 5.41) is 13.1. The summed E-state index contributed by atoms with van der Waals surface area (Å²) in [6, 6.07) is 18.1. The summed E-state index contributed by atoms with van der Waals surface area (Å²) in [6.07, 6.45) is 1.60. The van der Waals surface area contributed by atoms with Gasteiger partial charge in [-0.1, -0.05) is 43.3 Å². The Morgan fingerprint density at radius 3 is 2.56 bits per heavy atom. The molecule has 0 spiro atoms. The lowest BCUT2D eigenvalue weighted by Crippen LogP contribution is -2.09. The maximum atomic E-state index is 5.80. The van der Waals surface area contributed by atoms with E-state index in [0.29, 0.717) is 18.2 Å². The van der Waals surface area contributed by atoms with Crippen molar-refractivity contribution in [1.82, 2.24) is 15.2 Å². The summed E-state index contributed by atoms with van der Waals surface area (Å²) < 4.78 is 5.80. The maximum absolute atomic E-state index is 5.80. The zero-order chi connectivity index (χ0) is 18.6. The van der Waals surface area contributed by atoms with Gasteiger partial charge in [0, 0.05) is 35.3 Å². The van der Waals surface area contributed by atoms with Gasteiger partial charge >= 0.3 is 0 Å². The highest BCUT2D eigenvalue weighted by Gasteiger charge is 2.12. The molecule has 27 heavy (non-hydrogen) atoms. The second kappa shape index (κ2) is 7.58. The van der Waals surface area contributed by atoms with Crippen molar-refractivity contribution < 1.29 is 4.42 Å². The van der Waals surface area contributed by atoms with E-state index in [1.54, 1.807) is 0 Å². The molecular formula is C22H22N4O. The highest BCUT2D eigenvalue weighted by Crippen LogP contribution is 2.29. The van der Waals surface area contributed by atoms with E-state index in [-0.39, 0.29) is 0 Å². The van der Waals surface area contributed by atoms with Gasteiger partial charge in [0.25, 0.3) is 0 Å². The fourth-order valence-corrected chi connectivity index (χ4v) is 3.36. The van der Waals surface area contributed by atoms with Crippen molar-refractivity contribution in [2.45, 2.75) is 26.7 Å². The fraction of sp³-hybridized carbons (Fsp3) is 0.227. The topological polar surface area (TPSA) is 63.8 Å². The van der Waals surface area contributed by atoms with Gasteiger partial charge in [-0.3, -0.25) is 4.98 Å². The molecule has 0 bridgehead atoms. The SMILES string of the molecule is CCc1c(C)nc2ccccc2c1NCCc1nnc(-c2ccccc2)o1. The standard InChI is InChI=1S/C22H22N4O/c1-3-17-15(2)24-19-12-8-7-11-18(19)21(17)23-14-13-20-25-26-22(27-20)16-9-5-4-6-10-16/h4-12H,3,13-14H2,1-2H3,(H,23,24). The van der Waals surface area contributed by atoms with E-state index in [0.717, 1.165) is 40.8 Å². The number of pyridine rings is 1. The van der Waals surface area contributed by atoms with Crippen LogP contribution in [-0.4, -0.2) is 21.7 Å². The first-order valence-electron chi connectivity index (χ1n) is 9.26. The summed E-state index contributed by atoms with van der Waals surface area (Å²) in [5.41, 5.74) is 5.43. The zero-order valence-corrected chi connectivity index (χ0v) is 15.6. The number of aromatic nitrogens is 3. The molecule has 2 aromatic heterocycles. The second-order valence-electron chi connectivity index (χ2n) is 6.47. The predicted molar refractivity (Wildman–Crippen MR) is 108 cm³/mol. The smallest absolute Gasteiger partial charge is 0.247 e. The van der Waals surface area contributed by atoms with Crippen molar-refractivity contribution in [3.05, 3.63) is 71.7 Å². The van der Waals surface area contributed by atoms with Crippen molar-refractivity contribution in [1.29, 1.82) is 0 Å². The Kier molecular flexibility index (Phi) is 4.83. The lowest BCUT2D eigenvalue weighted by molar-refractivity contribution is 0.509. The molecule has 0 radical (unpaired) electrons. The first-order valence-corrected chi connectivity index (χ1v) is 9.26. The fourth-order valence-electron chi connectivity index (χ4n) is 3.36. The highest BCUT2D eigenvalue weighted by molar-refractivity contribution is 5.93. The number of fused-ring (bicyclic) bond motifs is 1. The Balaban J connectivity index is 1.52. The van der Waals surface area contributed by atoms with Crippen LogP contribution in [0.25, 0.3) is 22.4 Å². The van der Waals surface area contributed by atoms with E-state index in [9.17, 15) is 0 Å². The van der Waals surface area contributed by atoms with E-state index in [4.69, 9.17) is 9.40 Å². The lowest BCUT2D eigenvalue weighted by Gasteiger charge is -2.15. The third-order valence-corrected chi connectivity index (χ3v) is 4.68. The van der Waals surface area contributed by atoms with Crippen LogP contribution < -0.4 is 5.32 Å². The molecule has 136 valence electrons. The van der Waals surface area contributed by atoms with Gasteiger partial charge in [-0.2, -0.15) is 0 Å². The quantitative estimate of drug-likeness (QED) is 0.536. The minimum atomic E-state index is 0.560. The molecule has 0 unspecified atom stereocenters. The van der Waals surface area contributed by atoms with E-state index in [1.165, 1.54) is 5.56 Å². The molecule has 0 aliphatic rings. The van der Waals surface area contributed by atoms with Gasteiger partial charge < -0.3 is 9.73 Å². The third-order valence-electron chi connectivity index (χ3n) is 4.68. The monoisotopic (exact) mass is 358 g/mol. The van der Waals surface area contributed by atoms with E-state index in [1.807, 2.05) is 42.5 Å². The number of aryl methyl sites for hydroxylation is 1. The number of anilines is 1. The van der Waals surface area contributed by atoms with Gasteiger partial charge in [-0.15, -0.1) is 10.2 Å². The van der Waals surface area contributed by atoms with Crippen LogP contribution in [0.5, 0.6) is 0 Å². The van der Waals surface area contributed by atoms with Gasteiger partial charge in [-0.05, 0) is 37.1 Å². The molecule has 5 heteroatoms. The third kappa shape index (κ3) is 3.53. The van der Waals surface area contributed by atoms with Crippen LogP contribution >= 0.6 is 0 Å². The summed E-state index contributed by atoms with van der Waals surface area (Å²) in [5.74, 6) is 1.19. The largest absolute Gasteiger partial charge is 0.421 e. The molecule has 5 nitrogen and oxygen atoms in total. The number of hydrogen-bond acceptors (Lipinski definition) is 5. The molecular weight excluding hydrogens is 336 g/mol. The van der Waals surface area contributed by atoms with Crippen molar-refractivity contribution in [2.75, 3.05) is 11.9 Å². The van der Waals surface area contributed by atoms with Gasteiger partial charge in [-0.25, -0.2) is 0 Å². The molecule has 0 saturated heterocycles. The Labute approximate surface area is 158 Å². The van der Waals surface area contributed by atoms with Gasteiger partial charge in [0.2, 0.25) is 11.8 Å². The summed E-state index contributed by atoms with van der Waals surface area (Å²) in [4.78, 5) is 4.73. The van der Waals surface area contributed by atoms with Crippen LogP contribution in [0.2, 0.25) is 0 Å². The highest BCUT2D eigenvalue weighted by atomic mass is 16.4. The number of hydrogen-bond donors (Lipinski definition) is 1. The molecule has 2 heterocycles. The molecule has 0 amide bonds. The van der Waals surface area contributed by atoms with Gasteiger partial charge in [0.15, 0.2) is 0 Å². The van der Waals surface area contributed by atoms with Crippen molar-refractivity contribution in [3.63, 3.8) is 0 Å². The maximum Gasteiger partial charge on any atom is 0.247 e. The first-order chi connectivity index (χ1) is 13.3. The molecule has 0 aliphatic carbocycles. The van der Waals surface area contributed by atoms with Crippen LogP contribution in [-0.2, 0) is 12.8 Å². The number of benzene rings is 2. The molecule has 1 N–H and O–H groups in total. The molecule has 0 saturated carbocycles. The average molecular weight is 358 g/mol. The molecule has 0 fully saturated rings. The zero-order valence-electron chi connectivity index (χ0n) is 15.6. The van der Waals surface area contributed by atoms with Crippen LogP contribution in [0, 0.1) is 6.92 Å². The summed E-state index contributed by atoms with van der Waals surface area (Å²) in [7, 11) is 0.